The summed E-state index contributed by atoms with van der Waals surface area (Å²) >= 11 is 0. The summed E-state index contributed by atoms with van der Waals surface area (Å²) in [5.41, 5.74) is 1.47. The van der Waals surface area contributed by atoms with Gasteiger partial charge in [-0.25, -0.2) is 5.84 Å². The van der Waals surface area contributed by atoms with Crippen molar-refractivity contribution in [3.05, 3.63) is 0 Å². The van der Waals surface area contributed by atoms with Crippen LogP contribution < -0.4 is 11.3 Å². The van der Waals surface area contributed by atoms with Gasteiger partial charge in [0.15, 0.2) is 0 Å². The highest BCUT2D eigenvalue weighted by Gasteiger charge is 2.41. The molecule has 82 valence electrons. The number of amides is 1. The van der Waals surface area contributed by atoms with Crippen LogP contribution in [0, 0.1) is 0 Å². The molecule has 0 heterocycles. The Balaban J connectivity index is 2.44. The normalized spacial score (nSPS) is 18.1. The molecule has 4 nitrogen and oxygen atoms in total. The maximum atomic E-state index is 13.1. The number of halogens is 2. The van der Waals surface area contributed by atoms with E-state index in [0.29, 0.717) is 0 Å². The highest BCUT2D eigenvalue weighted by atomic mass is 19.3. The Morgan fingerprint density at radius 3 is 2.57 bits per heavy atom. The minimum atomic E-state index is -3.40. The molecule has 0 unspecified atom stereocenters. The van der Waals surface area contributed by atoms with Crippen LogP contribution >= 0.6 is 0 Å². The second kappa shape index (κ2) is 4.18. The monoisotopic (exact) mass is 207 g/mol. The zero-order valence-corrected chi connectivity index (χ0v) is 8.09. The molecule has 14 heavy (non-hydrogen) atoms. The van der Waals surface area contributed by atoms with Crippen molar-refractivity contribution in [3.63, 3.8) is 0 Å². The van der Waals surface area contributed by atoms with Crippen molar-refractivity contribution in [2.24, 2.45) is 5.84 Å². The summed E-state index contributed by atoms with van der Waals surface area (Å²) in [6.07, 6.45) is 2.93. The molecule has 0 aromatic heterocycles. The lowest BCUT2D eigenvalue weighted by atomic mass is 9.91. The number of nitrogens with one attached hydrogen (secondary N) is 1. The first-order chi connectivity index (χ1) is 6.47. The van der Waals surface area contributed by atoms with Crippen LogP contribution in [0.2, 0.25) is 0 Å². The number of hydrazine groups is 1. The van der Waals surface area contributed by atoms with Crippen LogP contribution in [-0.4, -0.2) is 36.4 Å². The zero-order chi connectivity index (χ0) is 10.8. The standard InChI is InChI=1S/C8H15F2N3O/c1-13(6-3-2-4-6)5-8(9,10)7(14)12-11/h6H,2-5,11H2,1H3,(H,12,14). The third-order valence-electron chi connectivity index (χ3n) is 2.61. The molecule has 1 amide bonds. The number of carbonyl (C=O) groups excluding carboxylic acids is 1. The lowest BCUT2D eigenvalue weighted by Gasteiger charge is -2.36. The average molecular weight is 207 g/mol. The van der Waals surface area contributed by atoms with Crippen LogP contribution in [0.3, 0.4) is 0 Å². The van der Waals surface area contributed by atoms with Crippen LogP contribution in [-0.2, 0) is 4.79 Å². The number of carbonyl (C=O) groups is 1. The predicted octanol–water partition coefficient (Wildman–Crippen LogP) is 0.0959. The quantitative estimate of drug-likeness (QED) is 0.390. The molecule has 0 aromatic carbocycles. The summed E-state index contributed by atoms with van der Waals surface area (Å²) < 4.78 is 26.1. The van der Waals surface area contributed by atoms with E-state index in [1.807, 2.05) is 0 Å². The first kappa shape index (κ1) is 11.3. The lowest BCUT2D eigenvalue weighted by molar-refractivity contribution is -0.149. The van der Waals surface area contributed by atoms with Gasteiger partial charge in [0.1, 0.15) is 0 Å². The summed E-state index contributed by atoms with van der Waals surface area (Å²) in [6, 6.07) is 0.187. The maximum absolute atomic E-state index is 13.1. The summed E-state index contributed by atoms with van der Waals surface area (Å²) in [5.74, 6) is -0.172. The second-order valence-corrected chi connectivity index (χ2v) is 3.68. The van der Waals surface area contributed by atoms with Crippen LogP contribution in [0.15, 0.2) is 0 Å². The van der Waals surface area contributed by atoms with E-state index in [1.54, 1.807) is 7.05 Å². The van der Waals surface area contributed by atoms with E-state index >= 15 is 0 Å². The molecular formula is C8H15F2N3O. The van der Waals surface area contributed by atoms with Gasteiger partial charge in [-0.3, -0.25) is 15.1 Å². The number of hydrogen-bond acceptors (Lipinski definition) is 3. The third-order valence-corrected chi connectivity index (χ3v) is 2.61. The van der Waals surface area contributed by atoms with Crippen molar-refractivity contribution >= 4 is 5.91 Å². The molecule has 0 spiro atoms. The number of alkyl halides is 2. The van der Waals surface area contributed by atoms with E-state index in [9.17, 15) is 13.6 Å². The fourth-order valence-electron chi connectivity index (χ4n) is 1.45. The molecule has 1 rings (SSSR count). The molecular weight excluding hydrogens is 192 g/mol. The van der Waals surface area contributed by atoms with Crippen LogP contribution in [0.25, 0.3) is 0 Å². The molecule has 0 radical (unpaired) electrons. The van der Waals surface area contributed by atoms with E-state index < -0.39 is 18.4 Å². The Morgan fingerprint density at radius 1 is 1.64 bits per heavy atom. The molecule has 6 heteroatoms. The van der Waals surface area contributed by atoms with Gasteiger partial charge in [0.05, 0.1) is 6.54 Å². The Labute approximate surface area is 81.4 Å². The van der Waals surface area contributed by atoms with Gasteiger partial charge in [0.2, 0.25) is 0 Å². The minimum Gasteiger partial charge on any atom is -0.297 e. The molecule has 3 N–H and O–H groups in total. The fraction of sp³-hybridized carbons (Fsp3) is 0.875. The van der Waals surface area contributed by atoms with Gasteiger partial charge in [0, 0.05) is 6.04 Å². The largest absolute Gasteiger partial charge is 0.338 e. The van der Waals surface area contributed by atoms with Crippen molar-refractivity contribution in [3.8, 4) is 0 Å². The van der Waals surface area contributed by atoms with Crippen molar-refractivity contribution in [2.75, 3.05) is 13.6 Å². The van der Waals surface area contributed by atoms with E-state index in [2.05, 4.69) is 5.84 Å². The van der Waals surface area contributed by atoms with E-state index in [1.165, 1.54) is 10.3 Å². The SMILES string of the molecule is CN(CC(F)(F)C(=O)NN)C1CCC1. The molecule has 1 fully saturated rings. The summed E-state index contributed by atoms with van der Waals surface area (Å²) in [7, 11) is 1.60. The average Bonchev–Trinajstić information content (AvgIpc) is 1.98. The second-order valence-electron chi connectivity index (χ2n) is 3.68. The number of hydrogen-bond donors (Lipinski definition) is 2. The van der Waals surface area contributed by atoms with Crippen LogP contribution in [0.5, 0.6) is 0 Å². The smallest absolute Gasteiger partial charge is 0.297 e. The zero-order valence-electron chi connectivity index (χ0n) is 8.09. The third kappa shape index (κ3) is 2.39. The Morgan fingerprint density at radius 2 is 2.21 bits per heavy atom. The summed E-state index contributed by atoms with van der Waals surface area (Å²) in [5, 5.41) is 0. The topological polar surface area (TPSA) is 58.4 Å². The lowest BCUT2D eigenvalue weighted by Crippen LogP contribution is -2.52. The van der Waals surface area contributed by atoms with E-state index in [4.69, 9.17) is 0 Å². The Hall–Kier alpha value is -0.750. The molecule has 1 saturated carbocycles. The first-order valence-corrected chi connectivity index (χ1v) is 4.56. The van der Waals surface area contributed by atoms with Gasteiger partial charge in [0.25, 0.3) is 0 Å². The fourth-order valence-corrected chi connectivity index (χ4v) is 1.45. The number of rotatable bonds is 4. The first-order valence-electron chi connectivity index (χ1n) is 4.56. The van der Waals surface area contributed by atoms with Crippen molar-refractivity contribution < 1.29 is 13.6 Å². The van der Waals surface area contributed by atoms with Gasteiger partial charge in [-0.2, -0.15) is 8.78 Å². The van der Waals surface area contributed by atoms with Crippen molar-refractivity contribution in [1.29, 1.82) is 0 Å². The van der Waals surface area contributed by atoms with E-state index in [0.717, 1.165) is 19.3 Å². The van der Waals surface area contributed by atoms with Gasteiger partial charge in [-0.1, -0.05) is 6.42 Å². The molecule has 1 aliphatic rings. The Bertz CT molecular complexity index is 219. The van der Waals surface area contributed by atoms with E-state index in [-0.39, 0.29) is 6.04 Å². The van der Waals surface area contributed by atoms with Gasteiger partial charge < -0.3 is 0 Å². The highest BCUT2D eigenvalue weighted by Crippen LogP contribution is 2.26. The maximum Gasteiger partial charge on any atom is 0.338 e. The molecule has 0 atom stereocenters. The molecule has 0 bridgehead atoms. The molecule has 0 aromatic rings. The van der Waals surface area contributed by atoms with Crippen LogP contribution in [0.4, 0.5) is 8.78 Å². The molecule has 0 saturated heterocycles. The molecule has 0 aliphatic heterocycles. The predicted molar refractivity (Wildman–Crippen MR) is 47.5 cm³/mol. The number of nitrogens with two attached hydrogens (primary N) is 1. The summed E-state index contributed by atoms with van der Waals surface area (Å²) in [6.45, 7) is -0.569. The van der Waals surface area contributed by atoms with Crippen molar-refractivity contribution in [1.82, 2.24) is 10.3 Å². The van der Waals surface area contributed by atoms with Crippen molar-refractivity contribution in [2.45, 2.75) is 31.2 Å². The summed E-state index contributed by atoms with van der Waals surface area (Å²) in [4.78, 5) is 12.2. The van der Waals surface area contributed by atoms with Gasteiger partial charge >= 0.3 is 11.8 Å². The Kier molecular flexibility index (Phi) is 3.38. The van der Waals surface area contributed by atoms with Gasteiger partial charge in [-0.05, 0) is 19.9 Å². The van der Waals surface area contributed by atoms with Gasteiger partial charge in [-0.15, -0.1) is 0 Å². The molecule has 1 aliphatic carbocycles. The number of nitrogens with zero attached hydrogens (tertiary/aromatic N) is 1. The minimum absolute atomic E-state index is 0.187. The highest BCUT2D eigenvalue weighted by molar-refractivity contribution is 5.83. The van der Waals surface area contributed by atoms with Crippen LogP contribution in [0.1, 0.15) is 19.3 Å².